The minimum atomic E-state index is -0.636. The number of aliphatic hydroxyl groups excluding tert-OH is 1. The second-order valence-corrected chi connectivity index (χ2v) is 6.34. The predicted octanol–water partition coefficient (Wildman–Crippen LogP) is 2.94. The van der Waals surface area contributed by atoms with Crippen LogP contribution in [0.25, 0.3) is 0 Å². The fourth-order valence-electron chi connectivity index (χ4n) is 3.75. The van der Waals surface area contributed by atoms with Gasteiger partial charge in [-0.3, -0.25) is 4.90 Å². The number of hydrogen-bond donors (Lipinski definition) is 1. The summed E-state index contributed by atoms with van der Waals surface area (Å²) in [5.41, 5.74) is 1.68. The highest BCUT2D eigenvalue weighted by molar-refractivity contribution is 5.55. The summed E-state index contributed by atoms with van der Waals surface area (Å²) in [6, 6.07) is 5.54. The smallest absolute Gasteiger partial charge is 0.123 e. The lowest BCUT2D eigenvalue weighted by Gasteiger charge is -2.40. The number of rotatable bonds is 3. The fraction of sp³-hybridized carbons (Fsp3) is 0.647. The van der Waals surface area contributed by atoms with Crippen molar-refractivity contribution in [3.63, 3.8) is 0 Å². The highest BCUT2D eigenvalue weighted by atomic mass is 19.1. The summed E-state index contributed by atoms with van der Waals surface area (Å²) in [5.74, 6) is -0.278. The standard InChI is InChI=1S/C17H25FN2O/c1-13(21)16-12-14(18)6-7-17(16)20-10-8-19(9-11-20)15-4-2-3-5-15/h6-7,12-13,15,21H,2-5,8-11H2,1H3/t13-/m0/s1. The molecule has 1 aliphatic carbocycles. The molecule has 0 bridgehead atoms. The van der Waals surface area contributed by atoms with E-state index in [2.05, 4.69) is 9.80 Å². The third-order valence-corrected chi connectivity index (χ3v) is 4.94. The molecule has 1 N–H and O–H groups in total. The topological polar surface area (TPSA) is 26.7 Å². The van der Waals surface area contributed by atoms with E-state index in [4.69, 9.17) is 0 Å². The number of hydrogen-bond acceptors (Lipinski definition) is 3. The zero-order chi connectivity index (χ0) is 14.8. The lowest BCUT2D eigenvalue weighted by atomic mass is 10.1. The van der Waals surface area contributed by atoms with Gasteiger partial charge in [-0.1, -0.05) is 12.8 Å². The summed E-state index contributed by atoms with van der Waals surface area (Å²) in [6.07, 6.45) is 4.79. The van der Waals surface area contributed by atoms with Gasteiger partial charge in [0.1, 0.15) is 5.82 Å². The average molecular weight is 292 g/mol. The third-order valence-electron chi connectivity index (χ3n) is 4.94. The molecule has 1 atom stereocenters. The van der Waals surface area contributed by atoms with Gasteiger partial charge in [0.2, 0.25) is 0 Å². The average Bonchev–Trinajstić information content (AvgIpc) is 3.01. The SMILES string of the molecule is C[C@H](O)c1cc(F)ccc1N1CCN(C2CCCC2)CC1. The molecule has 1 saturated carbocycles. The number of piperazine rings is 1. The Morgan fingerprint density at radius 3 is 2.43 bits per heavy atom. The number of nitrogens with zero attached hydrogens (tertiary/aromatic N) is 2. The van der Waals surface area contributed by atoms with E-state index < -0.39 is 6.10 Å². The van der Waals surface area contributed by atoms with Crippen LogP contribution in [-0.4, -0.2) is 42.2 Å². The maximum absolute atomic E-state index is 13.4. The number of anilines is 1. The Balaban J connectivity index is 1.69. The van der Waals surface area contributed by atoms with E-state index >= 15 is 0 Å². The van der Waals surface area contributed by atoms with E-state index in [0.29, 0.717) is 5.56 Å². The number of halogens is 1. The molecule has 0 aromatic heterocycles. The van der Waals surface area contributed by atoms with Gasteiger partial charge in [0.25, 0.3) is 0 Å². The Labute approximate surface area is 126 Å². The minimum absolute atomic E-state index is 0.278. The highest BCUT2D eigenvalue weighted by Crippen LogP contribution is 2.30. The van der Waals surface area contributed by atoms with E-state index in [1.807, 2.05) is 6.07 Å². The van der Waals surface area contributed by atoms with Crippen molar-refractivity contribution in [2.24, 2.45) is 0 Å². The van der Waals surface area contributed by atoms with Crippen molar-refractivity contribution in [3.05, 3.63) is 29.6 Å². The van der Waals surface area contributed by atoms with Gasteiger partial charge in [0.05, 0.1) is 6.10 Å². The lowest BCUT2D eigenvalue weighted by Crippen LogP contribution is -2.50. The van der Waals surface area contributed by atoms with Gasteiger partial charge in [0.15, 0.2) is 0 Å². The van der Waals surface area contributed by atoms with Gasteiger partial charge < -0.3 is 10.0 Å². The first kappa shape index (κ1) is 14.8. The summed E-state index contributed by atoms with van der Waals surface area (Å²) < 4.78 is 13.4. The van der Waals surface area contributed by atoms with Crippen molar-refractivity contribution in [2.75, 3.05) is 31.1 Å². The molecule has 2 fully saturated rings. The van der Waals surface area contributed by atoms with E-state index in [9.17, 15) is 9.50 Å². The molecule has 1 aliphatic heterocycles. The van der Waals surface area contributed by atoms with Crippen LogP contribution in [0.5, 0.6) is 0 Å². The molecule has 4 heteroatoms. The molecule has 1 heterocycles. The second-order valence-electron chi connectivity index (χ2n) is 6.34. The molecular weight excluding hydrogens is 267 g/mol. The molecule has 0 radical (unpaired) electrons. The molecule has 0 unspecified atom stereocenters. The molecule has 0 spiro atoms. The van der Waals surface area contributed by atoms with Crippen molar-refractivity contribution in [3.8, 4) is 0 Å². The minimum Gasteiger partial charge on any atom is -0.389 e. The maximum atomic E-state index is 13.4. The van der Waals surface area contributed by atoms with Crippen LogP contribution in [0.4, 0.5) is 10.1 Å². The maximum Gasteiger partial charge on any atom is 0.123 e. The quantitative estimate of drug-likeness (QED) is 0.928. The molecular formula is C17H25FN2O. The van der Waals surface area contributed by atoms with Crippen LogP contribution in [0.3, 0.4) is 0 Å². The van der Waals surface area contributed by atoms with Gasteiger partial charge >= 0.3 is 0 Å². The molecule has 116 valence electrons. The van der Waals surface area contributed by atoms with Crippen LogP contribution in [0.2, 0.25) is 0 Å². The van der Waals surface area contributed by atoms with Gasteiger partial charge in [-0.2, -0.15) is 0 Å². The summed E-state index contributed by atoms with van der Waals surface area (Å²) in [5, 5.41) is 9.88. The summed E-state index contributed by atoms with van der Waals surface area (Å²) in [6.45, 7) is 5.76. The highest BCUT2D eigenvalue weighted by Gasteiger charge is 2.27. The third kappa shape index (κ3) is 3.22. The van der Waals surface area contributed by atoms with Gasteiger partial charge in [-0.25, -0.2) is 4.39 Å². The molecule has 3 rings (SSSR count). The second kappa shape index (κ2) is 6.32. The van der Waals surface area contributed by atoms with Gasteiger partial charge in [0, 0.05) is 43.5 Å². The van der Waals surface area contributed by atoms with Crippen molar-refractivity contribution in [1.29, 1.82) is 0 Å². The van der Waals surface area contributed by atoms with Gasteiger partial charge in [-0.15, -0.1) is 0 Å². The van der Waals surface area contributed by atoms with E-state index in [1.165, 1.54) is 37.8 Å². The van der Waals surface area contributed by atoms with Crippen molar-refractivity contribution in [2.45, 2.75) is 44.8 Å². The Kier molecular flexibility index (Phi) is 4.45. The van der Waals surface area contributed by atoms with E-state index in [1.54, 1.807) is 6.92 Å². The normalized spacial score (nSPS) is 22.7. The zero-order valence-electron chi connectivity index (χ0n) is 12.8. The summed E-state index contributed by atoms with van der Waals surface area (Å²) in [4.78, 5) is 4.89. The molecule has 1 aromatic carbocycles. The molecule has 3 nitrogen and oxygen atoms in total. The van der Waals surface area contributed by atoms with Crippen LogP contribution in [0, 0.1) is 5.82 Å². The van der Waals surface area contributed by atoms with Crippen molar-refractivity contribution >= 4 is 5.69 Å². The van der Waals surface area contributed by atoms with Crippen LogP contribution in [0.15, 0.2) is 18.2 Å². The summed E-state index contributed by atoms with van der Waals surface area (Å²) >= 11 is 0. The Hall–Kier alpha value is -1.13. The number of aliphatic hydroxyl groups is 1. The fourth-order valence-corrected chi connectivity index (χ4v) is 3.75. The first-order chi connectivity index (χ1) is 10.1. The van der Waals surface area contributed by atoms with E-state index in [-0.39, 0.29) is 5.82 Å². The van der Waals surface area contributed by atoms with E-state index in [0.717, 1.165) is 37.9 Å². The molecule has 1 aromatic rings. The molecule has 1 saturated heterocycles. The Bertz CT molecular complexity index is 478. The van der Waals surface area contributed by atoms with Crippen LogP contribution in [0.1, 0.15) is 44.3 Å². The number of benzene rings is 1. The molecule has 2 aliphatic rings. The largest absolute Gasteiger partial charge is 0.389 e. The Morgan fingerprint density at radius 1 is 1.14 bits per heavy atom. The molecule has 21 heavy (non-hydrogen) atoms. The first-order valence-electron chi connectivity index (χ1n) is 8.11. The predicted molar refractivity (Wildman–Crippen MR) is 83.1 cm³/mol. The monoisotopic (exact) mass is 292 g/mol. The van der Waals surface area contributed by atoms with Crippen molar-refractivity contribution < 1.29 is 9.50 Å². The molecule has 0 amide bonds. The van der Waals surface area contributed by atoms with Gasteiger partial charge in [-0.05, 0) is 38.0 Å². The lowest BCUT2D eigenvalue weighted by molar-refractivity contribution is 0.184. The summed E-state index contributed by atoms with van der Waals surface area (Å²) in [7, 11) is 0. The van der Waals surface area contributed by atoms with Crippen LogP contribution < -0.4 is 4.90 Å². The van der Waals surface area contributed by atoms with Crippen LogP contribution >= 0.6 is 0 Å². The van der Waals surface area contributed by atoms with Crippen molar-refractivity contribution in [1.82, 2.24) is 4.90 Å². The Morgan fingerprint density at radius 2 is 1.81 bits per heavy atom. The zero-order valence-corrected chi connectivity index (χ0v) is 12.8. The first-order valence-corrected chi connectivity index (χ1v) is 8.11. The van der Waals surface area contributed by atoms with Crippen LogP contribution in [-0.2, 0) is 0 Å².